The predicted molar refractivity (Wildman–Crippen MR) is 83.8 cm³/mol. The van der Waals surface area contributed by atoms with Gasteiger partial charge in [0.25, 0.3) is 0 Å². The van der Waals surface area contributed by atoms with Gasteiger partial charge in [0.05, 0.1) is 7.11 Å². The van der Waals surface area contributed by atoms with Gasteiger partial charge in [-0.25, -0.2) is 0 Å². The van der Waals surface area contributed by atoms with E-state index in [0.29, 0.717) is 11.6 Å². The summed E-state index contributed by atoms with van der Waals surface area (Å²) in [5.74, 6) is 0.807. The number of carbonyl (C=O) groups excluding carboxylic acids is 1. The van der Waals surface area contributed by atoms with E-state index in [9.17, 15) is 4.79 Å². The fraction of sp³-hybridized carbons (Fsp3) is 0.400. The number of amides is 1. The molecule has 1 aromatic carbocycles. The second kappa shape index (κ2) is 7.17. The van der Waals surface area contributed by atoms with Gasteiger partial charge in [0.2, 0.25) is 11.0 Å². The molecule has 0 unspecified atom stereocenters. The molecule has 0 aliphatic heterocycles. The maximum atomic E-state index is 11.8. The van der Waals surface area contributed by atoms with Crippen molar-refractivity contribution in [3.05, 3.63) is 34.8 Å². The molecule has 0 fully saturated rings. The molecule has 1 N–H and O–H groups in total. The highest BCUT2D eigenvalue weighted by molar-refractivity contribution is 7.15. The average molecular weight is 305 g/mol. The van der Waals surface area contributed by atoms with Crippen molar-refractivity contribution in [1.82, 2.24) is 10.2 Å². The summed E-state index contributed by atoms with van der Waals surface area (Å²) >= 11 is 1.41. The van der Waals surface area contributed by atoms with Crippen LogP contribution in [0.4, 0.5) is 5.13 Å². The van der Waals surface area contributed by atoms with E-state index in [-0.39, 0.29) is 11.8 Å². The van der Waals surface area contributed by atoms with Gasteiger partial charge in [-0.15, -0.1) is 10.2 Å². The Morgan fingerprint density at radius 1 is 1.33 bits per heavy atom. The monoisotopic (exact) mass is 305 g/mol. The van der Waals surface area contributed by atoms with Gasteiger partial charge in [0.15, 0.2) is 0 Å². The largest absolute Gasteiger partial charge is 0.497 e. The van der Waals surface area contributed by atoms with Gasteiger partial charge in [-0.05, 0) is 24.1 Å². The van der Waals surface area contributed by atoms with Crippen LogP contribution < -0.4 is 10.1 Å². The molecule has 0 aliphatic carbocycles. The van der Waals surface area contributed by atoms with Crippen LogP contribution in [0.5, 0.6) is 5.75 Å². The van der Waals surface area contributed by atoms with Crippen LogP contribution in [0.3, 0.4) is 0 Å². The van der Waals surface area contributed by atoms with E-state index in [2.05, 4.69) is 15.5 Å². The summed E-state index contributed by atoms with van der Waals surface area (Å²) in [4.78, 5) is 11.8. The molecule has 1 atom stereocenters. The summed E-state index contributed by atoms with van der Waals surface area (Å²) in [7, 11) is 1.64. The fourth-order valence-corrected chi connectivity index (χ4v) is 2.48. The van der Waals surface area contributed by atoms with Crippen LogP contribution in [-0.4, -0.2) is 23.2 Å². The Morgan fingerprint density at radius 2 is 2.05 bits per heavy atom. The maximum Gasteiger partial charge on any atom is 0.229 e. The zero-order valence-electron chi connectivity index (χ0n) is 12.4. The van der Waals surface area contributed by atoms with Crippen LogP contribution in [0.25, 0.3) is 0 Å². The molecule has 0 spiro atoms. The number of carbonyl (C=O) groups is 1. The van der Waals surface area contributed by atoms with Crippen LogP contribution >= 0.6 is 11.3 Å². The maximum absolute atomic E-state index is 11.8. The smallest absolute Gasteiger partial charge is 0.229 e. The van der Waals surface area contributed by atoms with Crippen molar-refractivity contribution in [3.63, 3.8) is 0 Å². The van der Waals surface area contributed by atoms with Gasteiger partial charge in [0.1, 0.15) is 10.8 Å². The number of nitrogens with one attached hydrogen (secondary N) is 1. The number of anilines is 1. The Balaban J connectivity index is 1.97. The van der Waals surface area contributed by atoms with Crippen LogP contribution in [0, 0.1) is 5.92 Å². The second-order valence-corrected chi connectivity index (χ2v) is 5.89. The number of nitrogens with zero attached hydrogens (tertiary/aromatic N) is 2. The summed E-state index contributed by atoms with van der Waals surface area (Å²) < 4.78 is 5.13. The highest BCUT2D eigenvalue weighted by atomic mass is 32.1. The van der Waals surface area contributed by atoms with E-state index in [1.807, 2.05) is 38.1 Å². The molecule has 0 saturated heterocycles. The van der Waals surface area contributed by atoms with Gasteiger partial charge >= 0.3 is 0 Å². The molecular weight excluding hydrogens is 286 g/mol. The number of hydrogen-bond acceptors (Lipinski definition) is 5. The molecule has 112 valence electrons. The normalized spacial score (nSPS) is 12.0. The Morgan fingerprint density at radius 3 is 2.67 bits per heavy atom. The number of benzene rings is 1. The van der Waals surface area contributed by atoms with Crippen LogP contribution in [0.1, 0.15) is 30.8 Å². The molecule has 21 heavy (non-hydrogen) atoms. The first-order chi connectivity index (χ1) is 10.1. The number of ether oxygens (including phenoxy) is 1. The van der Waals surface area contributed by atoms with E-state index in [1.165, 1.54) is 11.3 Å². The standard InChI is InChI=1S/C15H19N3O2S/c1-4-10(2)14(19)16-15-18-17-13(21-15)9-11-5-7-12(20-3)8-6-11/h5-8,10H,4,9H2,1-3H3,(H,16,18,19)/t10-/m0/s1. The summed E-state index contributed by atoms with van der Waals surface area (Å²) in [5, 5.41) is 12.4. The van der Waals surface area contributed by atoms with Crippen LogP contribution in [0.2, 0.25) is 0 Å². The van der Waals surface area contributed by atoms with Crippen molar-refractivity contribution in [2.75, 3.05) is 12.4 Å². The fourth-order valence-electron chi connectivity index (χ4n) is 1.71. The number of hydrogen-bond donors (Lipinski definition) is 1. The van der Waals surface area contributed by atoms with E-state index in [4.69, 9.17) is 4.74 Å². The lowest BCUT2D eigenvalue weighted by molar-refractivity contribution is -0.119. The molecule has 6 heteroatoms. The second-order valence-electron chi connectivity index (χ2n) is 4.82. The van der Waals surface area contributed by atoms with E-state index in [0.717, 1.165) is 22.7 Å². The molecular formula is C15H19N3O2S. The molecule has 0 aliphatic rings. The summed E-state index contributed by atoms with van der Waals surface area (Å²) in [5.41, 5.74) is 1.13. The van der Waals surface area contributed by atoms with E-state index < -0.39 is 0 Å². The lowest BCUT2D eigenvalue weighted by Crippen LogP contribution is -2.19. The predicted octanol–water partition coefficient (Wildman–Crippen LogP) is 3.12. The highest BCUT2D eigenvalue weighted by Crippen LogP contribution is 2.20. The first kappa shape index (κ1) is 15.4. The van der Waals surface area contributed by atoms with E-state index >= 15 is 0 Å². The quantitative estimate of drug-likeness (QED) is 0.890. The number of rotatable bonds is 6. The third-order valence-electron chi connectivity index (χ3n) is 3.27. The molecule has 0 bridgehead atoms. The minimum absolute atomic E-state index is 0.00959. The van der Waals surface area contributed by atoms with Crippen molar-refractivity contribution >= 4 is 22.4 Å². The first-order valence-electron chi connectivity index (χ1n) is 6.88. The average Bonchev–Trinajstić information content (AvgIpc) is 2.94. The molecule has 5 nitrogen and oxygen atoms in total. The lowest BCUT2D eigenvalue weighted by Gasteiger charge is -2.06. The number of aromatic nitrogens is 2. The lowest BCUT2D eigenvalue weighted by atomic mass is 10.1. The summed E-state index contributed by atoms with van der Waals surface area (Å²) in [6.45, 7) is 3.88. The topological polar surface area (TPSA) is 64.1 Å². The first-order valence-corrected chi connectivity index (χ1v) is 7.70. The third-order valence-corrected chi connectivity index (χ3v) is 4.11. The molecule has 1 heterocycles. The van der Waals surface area contributed by atoms with Gasteiger partial charge in [-0.2, -0.15) is 0 Å². The molecule has 2 aromatic rings. The zero-order valence-corrected chi connectivity index (χ0v) is 13.2. The van der Waals surface area contributed by atoms with Gasteiger partial charge in [-0.1, -0.05) is 37.3 Å². The third kappa shape index (κ3) is 4.26. The Kier molecular flexibility index (Phi) is 5.27. The molecule has 1 amide bonds. The zero-order chi connectivity index (χ0) is 15.2. The minimum atomic E-state index is -0.0149. The summed E-state index contributed by atoms with van der Waals surface area (Å²) in [6, 6.07) is 7.83. The van der Waals surface area contributed by atoms with Gasteiger partial charge < -0.3 is 10.1 Å². The van der Waals surface area contributed by atoms with Gasteiger partial charge in [0, 0.05) is 12.3 Å². The SMILES string of the molecule is CC[C@H](C)C(=O)Nc1nnc(Cc2ccc(OC)cc2)s1. The van der Waals surface area contributed by atoms with Crippen molar-refractivity contribution in [1.29, 1.82) is 0 Å². The van der Waals surface area contributed by atoms with Crippen LogP contribution in [0.15, 0.2) is 24.3 Å². The Hall–Kier alpha value is -1.95. The van der Waals surface area contributed by atoms with Gasteiger partial charge in [-0.3, -0.25) is 4.79 Å². The van der Waals surface area contributed by atoms with Crippen molar-refractivity contribution in [2.45, 2.75) is 26.7 Å². The number of methoxy groups -OCH3 is 1. The summed E-state index contributed by atoms with van der Waals surface area (Å²) in [6.07, 6.45) is 1.50. The molecule has 2 rings (SSSR count). The molecule has 0 radical (unpaired) electrons. The van der Waals surface area contributed by atoms with E-state index in [1.54, 1.807) is 7.11 Å². The highest BCUT2D eigenvalue weighted by Gasteiger charge is 2.13. The Bertz CT molecular complexity index is 595. The molecule has 1 aromatic heterocycles. The minimum Gasteiger partial charge on any atom is -0.497 e. The van der Waals surface area contributed by atoms with Crippen LogP contribution in [-0.2, 0) is 11.2 Å². The Labute approximate surface area is 128 Å². The molecule has 0 saturated carbocycles. The van der Waals surface area contributed by atoms with Crippen molar-refractivity contribution in [2.24, 2.45) is 5.92 Å². The van der Waals surface area contributed by atoms with Crippen molar-refractivity contribution in [3.8, 4) is 5.75 Å². The van der Waals surface area contributed by atoms with Crippen molar-refractivity contribution < 1.29 is 9.53 Å².